The van der Waals surface area contributed by atoms with Crippen molar-refractivity contribution in [1.82, 2.24) is 9.78 Å². The number of hydrogen-bond acceptors (Lipinski definition) is 3. The van der Waals surface area contributed by atoms with Gasteiger partial charge in [0, 0.05) is 25.5 Å². The fourth-order valence-electron chi connectivity index (χ4n) is 2.19. The summed E-state index contributed by atoms with van der Waals surface area (Å²) in [4.78, 5) is 14.1. The zero-order valence-corrected chi connectivity index (χ0v) is 12.3. The summed E-state index contributed by atoms with van der Waals surface area (Å²) in [7, 11) is 1.74. The second kappa shape index (κ2) is 5.36. The zero-order chi connectivity index (χ0) is 14.9. The summed E-state index contributed by atoms with van der Waals surface area (Å²) in [6.45, 7) is 6.66. The van der Waals surface area contributed by atoms with Crippen molar-refractivity contribution in [3.8, 4) is 0 Å². The molecule has 2 N–H and O–H groups in total. The summed E-state index contributed by atoms with van der Waals surface area (Å²) in [6.07, 6.45) is 1.68. The Morgan fingerprint density at radius 2 is 1.90 bits per heavy atom. The first-order valence-electron chi connectivity index (χ1n) is 6.61. The normalized spacial score (nSPS) is 10.6. The van der Waals surface area contributed by atoms with Crippen molar-refractivity contribution in [1.29, 1.82) is 0 Å². The molecule has 1 aromatic carbocycles. The second-order valence-corrected chi connectivity index (χ2v) is 5.00. The molecule has 0 aliphatic heterocycles. The van der Waals surface area contributed by atoms with Gasteiger partial charge in [-0.3, -0.25) is 9.48 Å². The number of amides is 1. The van der Waals surface area contributed by atoms with Gasteiger partial charge in [0.25, 0.3) is 5.91 Å². The molecule has 20 heavy (non-hydrogen) atoms. The Morgan fingerprint density at radius 3 is 2.40 bits per heavy atom. The van der Waals surface area contributed by atoms with Gasteiger partial charge < -0.3 is 10.6 Å². The summed E-state index contributed by atoms with van der Waals surface area (Å²) in [5.41, 5.74) is 9.65. The lowest BCUT2D eigenvalue weighted by atomic mass is 10.1. The Bertz CT molecular complexity index is 625. The summed E-state index contributed by atoms with van der Waals surface area (Å²) >= 11 is 0. The average molecular weight is 272 g/mol. The van der Waals surface area contributed by atoms with E-state index in [9.17, 15) is 4.79 Å². The minimum Gasteiger partial charge on any atom is -0.396 e. The van der Waals surface area contributed by atoms with Crippen LogP contribution in [0.1, 0.15) is 28.5 Å². The maximum atomic E-state index is 12.5. The minimum atomic E-state index is -0.195. The Balaban J connectivity index is 2.34. The largest absolute Gasteiger partial charge is 0.396 e. The number of aryl methyl sites for hydroxylation is 3. The molecule has 0 unspecified atom stereocenters. The van der Waals surface area contributed by atoms with Crippen LogP contribution in [0.2, 0.25) is 0 Å². The second-order valence-electron chi connectivity index (χ2n) is 5.00. The monoisotopic (exact) mass is 272 g/mol. The lowest BCUT2D eigenvalue weighted by molar-refractivity contribution is 0.0988. The van der Waals surface area contributed by atoms with E-state index in [1.54, 1.807) is 22.8 Å². The number of carbonyl (C=O) groups excluding carboxylic acids is 1. The van der Waals surface area contributed by atoms with Crippen LogP contribution in [0.4, 0.5) is 11.4 Å². The molecule has 0 fully saturated rings. The third-order valence-electron chi connectivity index (χ3n) is 3.21. The van der Waals surface area contributed by atoms with Gasteiger partial charge in [-0.25, -0.2) is 0 Å². The Hall–Kier alpha value is -2.30. The molecule has 2 aromatic rings. The molecule has 0 atom stereocenters. The van der Waals surface area contributed by atoms with Crippen molar-refractivity contribution >= 4 is 17.3 Å². The van der Waals surface area contributed by atoms with Gasteiger partial charge in [0.1, 0.15) is 0 Å². The van der Waals surface area contributed by atoms with Crippen LogP contribution >= 0.6 is 0 Å². The van der Waals surface area contributed by atoms with E-state index in [4.69, 9.17) is 5.73 Å². The Morgan fingerprint density at radius 1 is 1.30 bits per heavy atom. The van der Waals surface area contributed by atoms with Crippen LogP contribution in [-0.2, 0) is 6.54 Å². The SMILES string of the molecule is CCn1cc(N)c(C(=O)N(C)c2cc(C)cc(C)c2)n1. The quantitative estimate of drug-likeness (QED) is 0.933. The molecule has 0 radical (unpaired) electrons. The minimum absolute atomic E-state index is 0.195. The molecule has 1 heterocycles. The molecule has 0 spiro atoms. The molecule has 0 saturated heterocycles. The highest BCUT2D eigenvalue weighted by Crippen LogP contribution is 2.21. The highest BCUT2D eigenvalue weighted by Gasteiger charge is 2.20. The van der Waals surface area contributed by atoms with E-state index >= 15 is 0 Å². The van der Waals surface area contributed by atoms with Crippen molar-refractivity contribution in [2.75, 3.05) is 17.7 Å². The van der Waals surface area contributed by atoms with E-state index < -0.39 is 0 Å². The van der Waals surface area contributed by atoms with Crippen LogP contribution in [0.3, 0.4) is 0 Å². The summed E-state index contributed by atoms with van der Waals surface area (Å²) in [6, 6.07) is 6.01. The highest BCUT2D eigenvalue weighted by molar-refractivity contribution is 6.07. The first-order valence-corrected chi connectivity index (χ1v) is 6.61. The van der Waals surface area contributed by atoms with Crippen molar-refractivity contribution < 1.29 is 4.79 Å². The maximum Gasteiger partial charge on any atom is 0.280 e. The van der Waals surface area contributed by atoms with Crippen LogP contribution in [0, 0.1) is 13.8 Å². The molecule has 5 nitrogen and oxygen atoms in total. The molecule has 0 aliphatic carbocycles. The van der Waals surface area contributed by atoms with Crippen molar-refractivity contribution in [2.24, 2.45) is 0 Å². The molecular formula is C15H20N4O. The van der Waals surface area contributed by atoms with Gasteiger partial charge in [-0.2, -0.15) is 5.10 Å². The number of nitrogens with two attached hydrogens (primary N) is 1. The molecule has 2 rings (SSSR count). The number of rotatable bonds is 3. The highest BCUT2D eigenvalue weighted by atomic mass is 16.2. The summed E-state index contributed by atoms with van der Waals surface area (Å²) in [5, 5.41) is 4.22. The third kappa shape index (κ3) is 2.66. The number of hydrogen-bond donors (Lipinski definition) is 1. The van der Waals surface area contributed by atoms with Gasteiger partial charge in [0.05, 0.1) is 5.69 Å². The number of aromatic nitrogens is 2. The van der Waals surface area contributed by atoms with Gasteiger partial charge >= 0.3 is 0 Å². The maximum absolute atomic E-state index is 12.5. The summed E-state index contributed by atoms with van der Waals surface area (Å²) in [5.74, 6) is -0.195. The van der Waals surface area contributed by atoms with Crippen LogP contribution in [-0.4, -0.2) is 22.7 Å². The molecule has 106 valence electrons. The fraction of sp³-hybridized carbons (Fsp3) is 0.333. The molecule has 1 aromatic heterocycles. The van der Waals surface area contributed by atoms with Crippen molar-refractivity contribution in [2.45, 2.75) is 27.3 Å². The van der Waals surface area contributed by atoms with Crippen LogP contribution < -0.4 is 10.6 Å². The Kier molecular flexibility index (Phi) is 3.79. The van der Waals surface area contributed by atoms with E-state index in [0.717, 1.165) is 16.8 Å². The van der Waals surface area contributed by atoms with E-state index in [0.29, 0.717) is 17.9 Å². The number of nitrogen functional groups attached to an aromatic ring is 1. The van der Waals surface area contributed by atoms with E-state index in [2.05, 4.69) is 11.2 Å². The predicted octanol–water partition coefficient (Wildman–Crippen LogP) is 2.38. The van der Waals surface area contributed by atoms with Crippen molar-refractivity contribution in [3.63, 3.8) is 0 Å². The number of benzene rings is 1. The molecule has 0 saturated carbocycles. The van der Waals surface area contributed by atoms with Crippen LogP contribution in [0.5, 0.6) is 0 Å². The molecular weight excluding hydrogens is 252 g/mol. The van der Waals surface area contributed by atoms with Gasteiger partial charge in [0.15, 0.2) is 5.69 Å². The first-order chi connectivity index (χ1) is 9.42. The standard InChI is InChI=1S/C15H20N4O/c1-5-19-9-13(16)14(17-19)15(20)18(4)12-7-10(2)6-11(3)8-12/h6-9H,5,16H2,1-4H3. The smallest absolute Gasteiger partial charge is 0.280 e. The first kappa shape index (κ1) is 14.1. The molecule has 0 bridgehead atoms. The molecule has 5 heteroatoms. The molecule has 1 amide bonds. The topological polar surface area (TPSA) is 64.2 Å². The number of anilines is 2. The van der Waals surface area contributed by atoms with Crippen molar-refractivity contribution in [3.05, 3.63) is 41.2 Å². The third-order valence-corrected chi connectivity index (χ3v) is 3.21. The van der Waals surface area contributed by atoms with E-state index in [1.807, 2.05) is 32.9 Å². The summed E-state index contributed by atoms with van der Waals surface area (Å²) < 4.78 is 1.66. The molecule has 0 aliphatic rings. The predicted molar refractivity (Wildman–Crippen MR) is 81.0 cm³/mol. The Labute approximate surface area is 119 Å². The van der Waals surface area contributed by atoms with E-state index in [-0.39, 0.29) is 5.91 Å². The lowest BCUT2D eigenvalue weighted by Gasteiger charge is -2.17. The van der Waals surface area contributed by atoms with Gasteiger partial charge in [-0.1, -0.05) is 6.07 Å². The number of carbonyl (C=O) groups is 1. The van der Waals surface area contributed by atoms with Gasteiger partial charge in [-0.05, 0) is 44.0 Å². The van der Waals surface area contributed by atoms with E-state index in [1.165, 1.54) is 0 Å². The number of nitrogens with zero attached hydrogens (tertiary/aromatic N) is 3. The van der Waals surface area contributed by atoms with Gasteiger partial charge in [0.2, 0.25) is 0 Å². The lowest BCUT2D eigenvalue weighted by Crippen LogP contribution is -2.27. The fourth-order valence-corrected chi connectivity index (χ4v) is 2.19. The van der Waals surface area contributed by atoms with Crippen LogP contribution in [0.25, 0.3) is 0 Å². The van der Waals surface area contributed by atoms with Crippen LogP contribution in [0.15, 0.2) is 24.4 Å². The van der Waals surface area contributed by atoms with Gasteiger partial charge in [-0.15, -0.1) is 0 Å². The zero-order valence-electron chi connectivity index (χ0n) is 12.3. The average Bonchev–Trinajstić information content (AvgIpc) is 2.77.